The Hall–Kier alpha value is -5.00. The highest BCUT2D eigenvalue weighted by Crippen LogP contribution is 2.24. The van der Waals surface area contributed by atoms with Crippen LogP contribution in [0.3, 0.4) is 0 Å². The Morgan fingerprint density at radius 1 is 1.09 bits per heavy atom. The van der Waals surface area contributed by atoms with E-state index in [1.54, 1.807) is 36.0 Å². The summed E-state index contributed by atoms with van der Waals surface area (Å²) in [6.45, 7) is 1.78. The van der Waals surface area contributed by atoms with Crippen molar-refractivity contribution in [2.45, 2.75) is 13.3 Å². The van der Waals surface area contributed by atoms with E-state index in [2.05, 4.69) is 25.5 Å². The fourth-order valence-corrected chi connectivity index (χ4v) is 3.63. The maximum Gasteiger partial charge on any atom is 0.269 e. The van der Waals surface area contributed by atoms with E-state index < -0.39 is 4.92 Å². The average Bonchev–Trinajstić information content (AvgIpc) is 3.43. The number of carbonyl (C=O) groups is 1. The molecule has 0 spiro atoms. The number of nitrogens with one attached hydrogen (secondary N) is 1. The molecular weight excluding hydrogens is 455 g/mol. The predicted molar refractivity (Wildman–Crippen MR) is 124 cm³/mol. The SMILES string of the molecule is Cc1cc(NC(=O)Cc2ccc([N+](=O)[O-])cc2)n(-c2ncnc3c2cnn3-c2ccc(F)cc2)n1. The molecule has 5 aromatic rings. The lowest BCUT2D eigenvalue weighted by Crippen LogP contribution is -2.17. The Balaban J connectivity index is 1.44. The number of non-ortho nitro benzene ring substituents is 1. The van der Waals surface area contributed by atoms with Crippen LogP contribution in [0.25, 0.3) is 22.5 Å². The van der Waals surface area contributed by atoms with Gasteiger partial charge in [0.2, 0.25) is 5.91 Å². The van der Waals surface area contributed by atoms with Crippen molar-refractivity contribution in [3.05, 3.63) is 94.3 Å². The number of carbonyl (C=O) groups excluding carboxylic acids is 1. The quantitative estimate of drug-likeness (QED) is 0.295. The summed E-state index contributed by atoms with van der Waals surface area (Å²) in [5.41, 5.74) is 2.34. The van der Waals surface area contributed by atoms with Crippen LogP contribution in [0.1, 0.15) is 11.3 Å². The van der Waals surface area contributed by atoms with Crippen molar-refractivity contribution < 1.29 is 14.1 Å². The smallest absolute Gasteiger partial charge is 0.269 e. The van der Waals surface area contributed by atoms with Gasteiger partial charge in [-0.15, -0.1) is 0 Å². The molecular formula is C23H17FN8O3. The number of nitro groups is 1. The first-order valence-corrected chi connectivity index (χ1v) is 10.4. The molecule has 35 heavy (non-hydrogen) atoms. The van der Waals surface area contributed by atoms with Crippen molar-refractivity contribution in [3.63, 3.8) is 0 Å². The molecule has 3 aromatic heterocycles. The molecule has 0 aliphatic carbocycles. The van der Waals surface area contributed by atoms with Crippen LogP contribution >= 0.6 is 0 Å². The maximum absolute atomic E-state index is 13.3. The molecule has 0 saturated heterocycles. The summed E-state index contributed by atoms with van der Waals surface area (Å²) in [6.07, 6.45) is 2.95. The van der Waals surface area contributed by atoms with Gasteiger partial charge in [0.25, 0.3) is 5.69 Å². The first-order chi connectivity index (χ1) is 16.9. The van der Waals surface area contributed by atoms with Gasteiger partial charge in [-0.05, 0) is 36.8 Å². The molecule has 3 heterocycles. The molecule has 1 amide bonds. The van der Waals surface area contributed by atoms with Crippen LogP contribution in [0, 0.1) is 22.9 Å². The number of benzene rings is 2. The number of fused-ring (bicyclic) bond motifs is 1. The van der Waals surface area contributed by atoms with Crippen LogP contribution in [-0.4, -0.2) is 40.4 Å². The van der Waals surface area contributed by atoms with Gasteiger partial charge in [-0.2, -0.15) is 14.9 Å². The zero-order valence-electron chi connectivity index (χ0n) is 18.3. The molecule has 0 saturated carbocycles. The Labute approximate surface area is 197 Å². The number of hydrogen-bond acceptors (Lipinski definition) is 7. The molecule has 0 atom stereocenters. The summed E-state index contributed by atoms with van der Waals surface area (Å²) in [6, 6.07) is 13.3. The van der Waals surface area contributed by atoms with Gasteiger partial charge in [-0.25, -0.2) is 19.0 Å². The minimum Gasteiger partial charge on any atom is -0.310 e. The normalized spacial score (nSPS) is 11.0. The second kappa shape index (κ2) is 8.74. The number of halogens is 1. The van der Waals surface area contributed by atoms with Crippen molar-refractivity contribution >= 4 is 28.4 Å². The first-order valence-electron chi connectivity index (χ1n) is 10.4. The zero-order chi connectivity index (χ0) is 24.5. The number of hydrogen-bond donors (Lipinski definition) is 1. The van der Waals surface area contributed by atoms with E-state index in [0.717, 1.165) is 0 Å². The number of anilines is 1. The van der Waals surface area contributed by atoms with Crippen molar-refractivity contribution in [2.75, 3.05) is 5.32 Å². The molecule has 0 bridgehead atoms. The van der Waals surface area contributed by atoms with Gasteiger partial charge >= 0.3 is 0 Å². The largest absolute Gasteiger partial charge is 0.310 e. The lowest BCUT2D eigenvalue weighted by Gasteiger charge is -2.09. The van der Waals surface area contributed by atoms with Crippen LogP contribution in [-0.2, 0) is 11.2 Å². The standard InChI is InChI=1S/C23H17FN8O3/c1-14-10-20(28-21(33)11-15-2-6-18(7-3-15)32(34)35)31(29-14)23-19-12-27-30(22(19)25-13-26-23)17-8-4-16(24)5-9-17/h2-10,12-13H,11H2,1H3,(H,28,33). The highest BCUT2D eigenvalue weighted by atomic mass is 19.1. The monoisotopic (exact) mass is 472 g/mol. The number of amides is 1. The minimum absolute atomic E-state index is 0.0178. The average molecular weight is 472 g/mol. The van der Waals surface area contributed by atoms with Gasteiger partial charge in [0, 0.05) is 18.2 Å². The first kappa shape index (κ1) is 21.8. The second-order valence-electron chi connectivity index (χ2n) is 7.70. The summed E-state index contributed by atoms with van der Waals surface area (Å²) < 4.78 is 16.4. The third-order valence-corrected chi connectivity index (χ3v) is 5.23. The molecule has 0 aliphatic heterocycles. The molecule has 5 rings (SSSR count). The van der Waals surface area contributed by atoms with E-state index in [9.17, 15) is 19.3 Å². The third-order valence-electron chi connectivity index (χ3n) is 5.23. The number of rotatable bonds is 6. The highest BCUT2D eigenvalue weighted by Gasteiger charge is 2.18. The number of aromatic nitrogens is 6. The van der Waals surface area contributed by atoms with Crippen molar-refractivity contribution in [1.82, 2.24) is 29.5 Å². The fourth-order valence-electron chi connectivity index (χ4n) is 3.63. The zero-order valence-corrected chi connectivity index (χ0v) is 18.3. The fraction of sp³-hybridized carbons (Fsp3) is 0.0870. The Kier molecular flexibility index (Phi) is 5.45. The molecule has 1 N–H and O–H groups in total. The van der Waals surface area contributed by atoms with Gasteiger partial charge in [0.15, 0.2) is 11.5 Å². The van der Waals surface area contributed by atoms with E-state index in [1.807, 2.05) is 0 Å². The molecule has 2 aromatic carbocycles. The summed E-state index contributed by atoms with van der Waals surface area (Å²) >= 11 is 0. The summed E-state index contributed by atoms with van der Waals surface area (Å²) in [4.78, 5) is 31.7. The van der Waals surface area contributed by atoms with Gasteiger partial charge in [0.1, 0.15) is 18.0 Å². The number of aryl methyl sites for hydroxylation is 1. The van der Waals surface area contributed by atoms with Crippen LogP contribution < -0.4 is 5.32 Å². The van der Waals surface area contributed by atoms with Crippen LogP contribution in [0.4, 0.5) is 15.9 Å². The van der Waals surface area contributed by atoms with Gasteiger partial charge in [-0.3, -0.25) is 14.9 Å². The maximum atomic E-state index is 13.3. The number of nitrogens with zero attached hydrogens (tertiary/aromatic N) is 7. The lowest BCUT2D eigenvalue weighted by molar-refractivity contribution is -0.384. The summed E-state index contributed by atoms with van der Waals surface area (Å²) in [7, 11) is 0. The van der Waals surface area contributed by atoms with E-state index >= 15 is 0 Å². The van der Waals surface area contributed by atoms with Crippen molar-refractivity contribution in [1.29, 1.82) is 0 Å². The number of nitro benzene ring substituents is 1. The summed E-state index contributed by atoms with van der Waals surface area (Å²) in [5.74, 6) is 0.111. The molecule has 0 unspecified atom stereocenters. The van der Waals surface area contributed by atoms with Gasteiger partial charge in [0.05, 0.1) is 34.3 Å². The van der Waals surface area contributed by atoms with E-state index in [0.29, 0.717) is 39.6 Å². The molecule has 174 valence electrons. The van der Waals surface area contributed by atoms with Gasteiger partial charge in [-0.1, -0.05) is 12.1 Å². The Bertz CT molecular complexity index is 1560. The van der Waals surface area contributed by atoms with E-state index in [4.69, 9.17) is 0 Å². The topological polar surface area (TPSA) is 134 Å². The predicted octanol–water partition coefficient (Wildman–Crippen LogP) is 3.54. The molecule has 12 heteroatoms. The molecule has 0 aliphatic rings. The molecule has 0 radical (unpaired) electrons. The van der Waals surface area contributed by atoms with E-state index in [-0.39, 0.29) is 23.8 Å². The Morgan fingerprint density at radius 2 is 1.83 bits per heavy atom. The molecule has 11 nitrogen and oxygen atoms in total. The van der Waals surface area contributed by atoms with Crippen LogP contribution in [0.2, 0.25) is 0 Å². The van der Waals surface area contributed by atoms with Crippen molar-refractivity contribution in [3.8, 4) is 11.5 Å². The van der Waals surface area contributed by atoms with Crippen molar-refractivity contribution in [2.24, 2.45) is 0 Å². The van der Waals surface area contributed by atoms with Crippen LogP contribution in [0.5, 0.6) is 0 Å². The van der Waals surface area contributed by atoms with Gasteiger partial charge < -0.3 is 5.32 Å². The Morgan fingerprint density at radius 3 is 2.54 bits per heavy atom. The lowest BCUT2D eigenvalue weighted by atomic mass is 10.1. The van der Waals surface area contributed by atoms with Crippen LogP contribution in [0.15, 0.2) is 67.1 Å². The van der Waals surface area contributed by atoms with E-state index in [1.165, 1.54) is 47.4 Å². The third kappa shape index (κ3) is 4.31. The second-order valence-corrected chi connectivity index (χ2v) is 7.70. The molecule has 0 fully saturated rings. The highest BCUT2D eigenvalue weighted by molar-refractivity contribution is 5.92. The minimum atomic E-state index is -0.494. The summed E-state index contributed by atoms with van der Waals surface area (Å²) in [5, 5.41) is 23.1.